The maximum atomic E-state index is 12.7. The maximum Gasteiger partial charge on any atom is 0.416 e. The fourth-order valence-corrected chi connectivity index (χ4v) is 4.94. The molecule has 0 aromatic heterocycles. The minimum atomic E-state index is -4.27. The fraction of sp³-hybridized carbons (Fsp3) is 0.667. The highest BCUT2D eigenvalue weighted by atomic mass is 32.2. The van der Waals surface area contributed by atoms with Gasteiger partial charge in [-0.15, -0.1) is 11.8 Å². The van der Waals surface area contributed by atoms with Gasteiger partial charge in [-0.05, 0) is 55.1 Å². The van der Waals surface area contributed by atoms with Gasteiger partial charge in [-0.1, -0.05) is 26.8 Å². The van der Waals surface area contributed by atoms with Crippen molar-refractivity contribution in [3.8, 4) is 0 Å². The van der Waals surface area contributed by atoms with E-state index in [-0.39, 0.29) is 5.04 Å². The largest absolute Gasteiger partial charge is 0.416 e. The van der Waals surface area contributed by atoms with Crippen LogP contribution >= 0.6 is 11.8 Å². The summed E-state index contributed by atoms with van der Waals surface area (Å²) in [6, 6.07) is 5.60. The molecule has 1 aromatic carbocycles. The van der Waals surface area contributed by atoms with Crippen LogP contribution in [0.5, 0.6) is 0 Å². The van der Waals surface area contributed by atoms with Gasteiger partial charge in [-0.25, -0.2) is 0 Å². The molecule has 0 unspecified atom stereocenters. The summed E-state index contributed by atoms with van der Waals surface area (Å²) >= 11 is 1.52. The topological polar surface area (TPSA) is 9.23 Å². The Morgan fingerprint density at radius 1 is 1.17 bits per heavy atom. The van der Waals surface area contributed by atoms with Crippen LogP contribution in [-0.2, 0) is 10.6 Å². The minimum absolute atomic E-state index is 0.213. The molecule has 0 radical (unpaired) electrons. The van der Waals surface area contributed by atoms with E-state index in [0.29, 0.717) is 16.9 Å². The summed E-state index contributed by atoms with van der Waals surface area (Å²) in [5, 5.41) is 0.213. The van der Waals surface area contributed by atoms with Crippen molar-refractivity contribution in [3.05, 3.63) is 29.8 Å². The van der Waals surface area contributed by atoms with E-state index in [4.69, 9.17) is 4.43 Å². The van der Waals surface area contributed by atoms with Crippen LogP contribution in [0.15, 0.2) is 29.2 Å². The van der Waals surface area contributed by atoms with Crippen molar-refractivity contribution in [1.29, 1.82) is 0 Å². The van der Waals surface area contributed by atoms with E-state index in [0.717, 1.165) is 24.7 Å². The molecule has 1 aliphatic rings. The third-order valence-electron chi connectivity index (χ3n) is 5.11. The summed E-state index contributed by atoms with van der Waals surface area (Å²) in [7, 11) is -1.71. The highest BCUT2D eigenvalue weighted by Gasteiger charge is 2.42. The predicted molar refractivity (Wildman–Crippen MR) is 97.0 cm³/mol. The van der Waals surface area contributed by atoms with E-state index in [1.54, 1.807) is 6.07 Å². The van der Waals surface area contributed by atoms with Crippen LogP contribution in [0.4, 0.5) is 13.2 Å². The van der Waals surface area contributed by atoms with Gasteiger partial charge in [-0.3, -0.25) is 0 Å². The first-order chi connectivity index (χ1) is 10.9. The van der Waals surface area contributed by atoms with E-state index in [2.05, 4.69) is 33.9 Å². The molecule has 6 heteroatoms. The summed E-state index contributed by atoms with van der Waals surface area (Å²) < 4.78 is 44.5. The first kappa shape index (κ1) is 19.9. The SMILES string of the molecule is CC(C)(C)[Si](C)(C)OC1CC(CSc2cccc(C(F)(F)F)c2)C1. The smallest absolute Gasteiger partial charge is 0.414 e. The molecule has 1 fully saturated rings. The Kier molecular flexibility index (Phi) is 5.82. The summed E-state index contributed by atoms with van der Waals surface area (Å²) in [4.78, 5) is 0.693. The molecule has 0 amide bonds. The molecule has 0 aliphatic heterocycles. The molecule has 0 N–H and O–H groups in total. The number of benzene rings is 1. The van der Waals surface area contributed by atoms with Crippen LogP contribution in [0.25, 0.3) is 0 Å². The Morgan fingerprint density at radius 2 is 1.79 bits per heavy atom. The second kappa shape index (κ2) is 7.04. The molecule has 0 saturated heterocycles. The molecule has 0 atom stereocenters. The molecular formula is C18H27F3OSSi. The van der Waals surface area contributed by atoms with Gasteiger partial charge in [0.25, 0.3) is 0 Å². The maximum absolute atomic E-state index is 12.7. The molecule has 1 aliphatic carbocycles. The average molecular weight is 377 g/mol. The summed E-state index contributed by atoms with van der Waals surface area (Å²) in [5.41, 5.74) is -0.569. The lowest BCUT2D eigenvalue weighted by molar-refractivity contribution is -0.137. The number of alkyl halides is 3. The van der Waals surface area contributed by atoms with Crippen molar-refractivity contribution in [2.45, 2.75) is 68.9 Å². The highest BCUT2D eigenvalue weighted by Crippen LogP contribution is 2.42. The van der Waals surface area contributed by atoms with Crippen LogP contribution in [-0.4, -0.2) is 20.2 Å². The Bertz CT molecular complexity index is 560. The Balaban J connectivity index is 1.79. The highest BCUT2D eigenvalue weighted by molar-refractivity contribution is 7.99. The molecule has 1 aromatic rings. The van der Waals surface area contributed by atoms with E-state index in [1.807, 2.05) is 0 Å². The Labute approximate surface area is 148 Å². The van der Waals surface area contributed by atoms with Gasteiger partial charge in [0, 0.05) is 16.8 Å². The number of hydrogen-bond acceptors (Lipinski definition) is 2. The molecule has 136 valence electrons. The van der Waals surface area contributed by atoms with E-state index >= 15 is 0 Å². The summed E-state index contributed by atoms with van der Waals surface area (Å²) in [6.07, 6.45) is -1.88. The van der Waals surface area contributed by atoms with E-state index in [9.17, 15) is 13.2 Å². The first-order valence-corrected chi connectivity index (χ1v) is 12.3. The van der Waals surface area contributed by atoms with Gasteiger partial charge in [0.15, 0.2) is 8.32 Å². The van der Waals surface area contributed by atoms with Crippen LogP contribution in [0.2, 0.25) is 18.1 Å². The quantitative estimate of drug-likeness (QED) is 0.423. The Morgan fingerprint density at radius 3 is 2.33 bits per heavy atom. The molecule has 24 heavy (non-hydrogen) atoms. The second-order valence-electron chi connectivity index (χ2n) is 8.17. The lowest BCUT2D eigenvalue weighted by atomic mass is 9.84. The van der Waals surface area contributed by atoms with Crippen LogP contribution in [0.3, 0.4) is 0 Å². The predicted octanol–water partition coefficient (Wildman–Crippen LogP) is 6.60. The van der Waals surface area contributed by atoms with Crippen molar-refractivity contribution < 1.29 is 17.6 Å². The normalized spacial score (nSPS) is 22.3. The van der Waals surface area contributed by atoms with Crippen LogP contribution in [0, 0.1) is 5.92 Å². The van der Waals surface area contributed by atoms with Crippen molar-refractivity contribution >= 4 is 20.1 Å². The van der Waals surface area contributed by atoms with Crippen molar-refractivity contribution in [2.75, 3.05) is 5.75 Å². The van der Waals surface area contributed by atoms with Gasteiger partial charge in [0.1, 0.15) is 0 Å². The number of hydrogen-bond donors (Lipinski definition) is 0. The van der Waals surface area contributed by atoms with Crippen LogP contribution < -0.4 is 0 Å². The first-order valence-electron chi connectivity index (χ1n) is 8.36. The van der Waals surface area contributed by atoms with Crippen molar-refractivity contribution in [2.24, 2.45) is 5.92 Å². The second-order valence-corrected chi connectivity index (χ2v) is 14.0. The summed E-state index contributed by atoms with van der Waals surface area (Å²) in [5.74, 6) is 1.40. The van der Waals surface area contributed by atoms with Crippen molar-refractivity contribution in [1.82, 2.24) is 0 Å². The molecule has 1 saturated carbocycles. The zero-order valence-corrected chi connectivity index (χ0v) is 16.9. The van der Waals surface area contributed by atoms with E-state index < -0.39 is 20.1 Å². The molecule has 0 heterocycles. The van der Waals surface area contributed by atoms with Gasteiger partial charge >= 0.3 is 6.18 Å². The average Bonchev–Trinajstić information content (AvgIpc) is 2.39. The van der Waals surface area contributed by atoms with Crippen LogP contribution in [0.1, 0.15) is 39.2 Å². The third kappa shape index (κ3) is 5.02. The molecule has 2 rings (SSSR count). The van der Waals surface area contributed by atoms with Gasteiger partial charge in [0.2, 0.25) is 0 Å². The summed E-state index contributed by atoms with van der Waals surface area (Å²) in [6.45, 7) is 11.2. The zero-order chi connectivity index (χ0) is 18.2. The van der Waals surface area contributed by atoms with Gasteiger partial charge < -0.3 is 4.43 Å². The Hall–Kier alpha value is -0.463. The minimum Gasteiger partial charge on any atom is -0.414 e. The molecular weight excluding hydrogens is 349 g/mol. The number of halogens is 3. The molecule has 1 nitrogen and oxygen atoms in total. The van der Waals surface area contributed by atoms with Gasteiger partial charge in [-0.2, -0.15) is 13.2 Å². The number of thioether (sulfide) groups is 1. The van der Waals surface area contributed by atoms with Gasteiger partial charge in [0.05, 0.1) is 5.56 Å². The zero-order valence-electron chi connectivity index (χ0n) is 15.0. The van der Waals surface area contributed by atoms with E-state index in [1.165, 1.54) is 23.9 Å². The van der Waals surface area contributed by atoms with Crippen molar-refractivity contribution in [3.63, 3.8) is 0 Å². The standard InChI is InChI=1S/C18H27F3OSSi/c1-17(2,3)24(4,5)22-15-9-13(10-15)12-23-16-8-6-7-14(11-16)18(19,20)21/h6-8,11,13,15H,9-10,12H2,1-5H3. The lowest BCUT2D eigenvalue weighted by Crippen LogP contribution is -2.47. The molecule has 0 spiro atoms. The monoisotopic (exact) mass is 376 g/mol. The lowest BCUT2D eigenvalue weighted by Gasteiger charge is -2.44. The fourth-order valence-electron chi connectivity index (χ4n) is 2.48. The molecule has 0 bridgehead atoms. The number of rotatable bonds is 5. The third-order valence-corrected chi connectivity index (χ3v) is 10.9.